The van der Waals surface area contributed by atoms with Crippen molar-refractivity contribution in [3.8, 4) is 11.5 Å². The maximum Gasteiger partial charge on any atom is 2.00 e. The molecule has 0 unspecified atom stereocenters. The summed E-state index contributed by atoms with van der Waals surface area (Å²) in [6.07, 6.45) is -1.30. The maximum absolute atomic E-state index is 13.8. The van der Waals surface area contributed by atoms with Gasteiger partial charge in [0.2, 0.25) is 0 Å². The third-order valence-corrected chi connectivity index (χ3v) is 10.6. The molecule has 0 aliphatic rings. The van der Waals surface area contributed by atoms with Gasteiger partial charge in [-0.25, -0.2) is 38.7 Å². The van der Waals surface area contributed by atoms with Gasteiger partial charge in [-0.3, -0.25) is 0 Å². The normalized spacial score (nSPS) is 11.8. The molecule has 0 aliphatic carbocycles. The Balaban J connectivity index is 0.00000583. The Hall–Kier alpha value is -0.141. The first-order valence-corrected chi connectivity index (χ1v) is 18.7. The monoisotopic (exact) mass is 942 g/mol. The molecular weight excluding hydrogens is 933 g/mol. The number of anilines is 2. The molecule has 0 saturated heterocycles. The van der Waals surface area contributed by atoms with Gasteiger partial charge in [0.15, 0.2) is 5.82 Å². The fourth-order valence-electron chi connectivity index (χ4n) is 4.64. The summed E-state index contributed by atoms with van der Waals surface area (Å²) in [6.45, 7) is 1.26. The SMILES string of the molecule is Cc1nc(F)nc(Nc2cc(S(=O)(=O)[O-])c3c([O-])c(N=Nc4c([O-])cc(S(=O)(=O)[O-])c5cc(S(=O)(=O)[O-])ccc45)cc(S(=O)(=O)[O-])c3c2)c1Cl.[Cu+2].[Na+].[Na+].[Na+].[Na+]. The summed E-state index contributed by atoms with van der Waals surface area (Å²) in [6, 6.07) is 3.48. The van der Waals surface area contributed by atoms with Crippen LogP contribution in [0, 0.1) is 13.0 Å². The number of azo groups is 1. The summed E-state index contributed by atoms with van der Waals surface area (Å²) in [5, 5.41) is 31.8. The minimum Gasteiger partial charge on any atom is -0.871 e. The van der Waals surface area contributed by atoms with E-state index in [9.17, 15) is 66.5 Å². The molecule has 0 aliphatic heterocycles. The van der Waals surface area contributed by atoms with Crippen molar-refractivity contribution in [1.82, 2.24) is 9.97 Å². The fourth-order valence-corrected chi connectivity index (χ4v) is 7.36. The number of hydrogen-bond donors (Lipinski definition) is 1. The van der Waals surface area contributed by atoms with Gasteiger partial charge in [0.05, 0.1) is 36.7 Å². The van der Waals surface area contributed by atoms with Gasteiger partial charge in [-0.2, -0.15) is 19.6 Å². The van der Waals surface area contributed by atoms with Gasteiger partial charge in [0.25, 0.3) is 0 Å². The third kappa shape index (κ3) is 12.0. The summed E-state index contributed by atoms with van der Waals surface area (Å²) in [5.41, 5.74) is -2.71. The quantitative estimate of drug-likeness (QED) is 0.0653. The molecule has 19 nitrogen and oxygen atoms in total. The molecule has 0 fully saturated rings. The van der Waals surface area contributed by atoms with E-state index in [1.165, 1.54) is 6.92 Å². The summed E-state index contributed by atoms with van der Waals surface area (Å²) in [4.78, 5) is 1.68. The standard InChI is InChI=1S/C25H17ClFN5O14S4.Cu.4Na/c1-9-21(26)24(30-25(27)28-9)29-10-4-14-17(48(38,39)40)7-15(23(34)20(14)19(5-10)50(44,45)46)31-32-22-12-3-2-11(47(35,36)37)6-13(12)18(8-16(22)33)49(41,42)43;;;;;/h2-8,33-34H,1H3,(H,28,29,30)(H,35,36,37)(H,38,39,40)(H,41,42,43)(H,44,45,46);;;;;/q;+2;4*+1/p-6. The summed E-state index contributed by atoms with van der Waals surface area (Å²) >= 11 is 6.04. The second-order valence-electron chi connectivity index (χ2n) is 9.93. The van der Waals surface area contributed by atoms with Crippen molar-refractivity contribution in [2.45, 2.75) is 26.5 Å². The third-order valence-electron chi connectivity index (χ3n) is 6.71. The van der Waals surface area contributed by atoms with Crippen molar-refractivity contribution in [3.05, 3.63) is 59.3 Å². The average molecular weight is 944 g/mol. The topological polar surface area (TPSA) is 337 Å². The van der Waals surface area contributed by atoms with Crippen molar-refractivity contribution in [2.24, 2.45) is 10.2 Å². The van der Waals surface area contributed by atoms with Gasteiger partial charge in [-0.15, -0.1) is 0 Å². The zero-order valence-corrected chi connectivity index (χ0v) is 41.2. The molecule has 1 radical (unpaired) electrons. The first kappa shape index (κ1) is 54.9. The van der Waals surface area contributed by atoms with E-state index in [2.05, 4.69) is 25.5 Å². The van der Waals surface area contributed by atoms with Crippen LogP contribution in [0.4, 0.5) is 27.3 Å². The van der Waals surface area contributed by atoms with Crippen LogP contribution in [-0.4, -0.2) is 61.9 Å². The zero-order chi connectivity index (χ0) is 37.3. The molecular formula is C25H11ClCuFN5Na4O14S4. The van der Waals surface area contributed by atoms with Gasteiger partial charge in [-0.1, -0.05) is 29.2 Å². The number of nitrogens with one attached hydrogen (secondary N) is 1. The Labute approximate surface area is 415 Å². The van der Waals surface area contributed by atoms with Crippen LogP contribution in [0.1, 0.15) is 5.69 Å². The van der Waals surface area contributed by atoms with Crippen molar-refractivity contribution in [3.63, 3.8) is 0 Å². The van der Waals surface area contributed by atoms with Crippen LogP contribution in [0.2, 0.25) is 5.02 Å². The van der Waals surface area contributed by atoms with Gasteiger partial charge in [0, 0.05) is 21.8 Å². The van der Waals surface area contributed by atoms with Gasteiger partial charge in [-0.05, 0) is 48.7 Å². The number of rotatable bonds is 8. The van der Waals surface area contributed by atoms with Crippen LogP contribution in [0.25, 0.3) is 21.5 Å². The van der Waals surface area contributed by atoms with Crippen LogP contribution >= 0.6 is 11.6 Å². The molecule has 0 spiro atoms. The molecule has 5 rings (SSSR count). The number of nitrogens with zero attached hydrogens (tertiary/aromatic N) is 4. The maximum atomic E-state index is 13.8. The fraction of sp³-hybridized carbons (Fsp3) is 0.0400. The Bertz CT molecular complexity index is 2830. The zero-order valence-electron chi connectivity index (χ0n) is 28.2. The van der Waals surface area contributed by atoms with Crippen LogP contribution in [0.5, 0.6) is 11.5 Å². The molecule has 273 valence electrons. The van der Waals surface area contributed by atoms with Gasteiger partial charge in [0.1, 0.15) is 45.5 Å². The minimum absolute atomic E-state index is 0. The smallest absolute Gasteiger partial charge is 0.871 e. The molecule has 0 atom stereocenters. The molecule has 1 N–H and O–H groups in total. The molecule has 1 aromatic heterocycles. The van der Waals surface area contributed by atoms with Crippen molar-refractivity contribution >= 4 is 96.5 Å². The van der Waals surface area contributed by atoms with Crippen molar-refractivity contribution < 1.29 is 202 Å². The Morgan fingerprint density at radius 2 is 1.24 bits per heavy atom. The summed E-state index contributed by atoms with van der Waals surface area (Å²) < 4.78 is 158. The second kappa shape index (κ2) is 19.9. The van der Waals surface area contributed by atoms with Crippen molar-refractivity contribution in [1.29, 1.82) is 0 Å². The largest absolute Gasteiger partial charge is 2.00 e. The number of hydrogen-bond acceptors (Lipinski definition) is 19. The predicted octanol–water partition coefficient (Wildman–Crippen LogP) is -10.2. The molecule has 55 heavy (non-hydrogen) atoms. The van der Waals surface area contributed by atoms with E-state index in [-0.39, 0.29) is 152 Å². The molecule has 1 heterocycles. The minimum atomic E-state index is -5.72. The number of benzene rings is 4. The van der Waals surface area contributed by atoms with Crippen LogP contribution in [-0.2, 0) is 57.5 Å². The number of aryl methyl sites for hydroxylation is 1. The molecule has 0 bridgehead atoms. The molecule has 0 saturated carbocycles. The molecule has 4 aromatic carbocycles. The summed E-state index contributed by atoms with van der Waals surface area (Å²) in [7, 11) is -22.1. The Kier molecular flexibility index (Phi) is 19.9. The number of aromatic nitrogens is 2. The van der Waals surface area contributed by atoms with Crippen molar-refractivity contribution in [2.75, 3.05) is 5.32 Å². The van der Waals surface area contributed by atoms with E-state index >= 15 is 0 Å². The molecule has 0 amide bonds. The van der Waals surface area contributed by atoms with Gasteiger partial charge < -0.3 is 33.7 Å². The Morgan fingerprint density at radius 3 is 1.76 bits per heavy atom. The predicted molar refractivity (Wildman–Crippen MR) is 158 cm³/mol. The second-order valence-corrected chi connectivity index (χ2v) is 15.7. The van der Waals surface area contributed by atoms with Crippen LogP contribution in [0.3, 0.4) is 0 Å². The van der Waals surface area contributed by atoms with E-state index in [1.54, 1.807) is 0 Å². The number of halogens is 2. The summed E-state index contributed by atoms with van der Waals surface area (Å²) in [5.74, 6) is -3.43. The first-order chi connectivity index (χ1) is 22.9. The molecule has 5 aromatic rings. The van der Waals surface area contributed by atoms with E-state index in [4.69, 9.17) is 11.6 Å². The van der Waals surface area contributed by atoms with E-state index < -0.39 is 122 Å². The number of fused-ring (bicyclic) bond motifs is 2. The van der Waals surface area contributed by atoms with E-state index in [1.807, 2.05) is 0 Å². The van der Waals surface area contributed by atoms with E-state index in [0.29, 0.717) is 30.3 Å². The Morgan fingerprint density at radius 1 is 0.691 bits per heavy atom. The van der Waals surface area contributed by atoms with E-state index in [0.717, 1.165) is 6.07 Å². The average Bonchev–Trinajstić information content (AvgIpc) is 2.97. The van der Waals surface area contributed by atoms with Gasteiger partial charge >= 0.3 is 141 Å². The first-order valence-electron chi connectivity index (χ1n) is 12.7. The van der Waals surface area contributed by atoms with Crippen LogP contribution in [0.15, 0.2) is 72.3 Å². The van der Waals surface area contributed by atoms with Crippen LogP contribution < -0.4 is 134 Å². The molecule has 30 heteroatoms.